The first kappa shape index (κ1) is 17.3. The van der Waals surface area contributed by atoms with E-state index in [1.54, 1.807) is 7.05 Å². The van der Waals surface area contributed by atoms with Gasteiger partial charge in [0.2, 0.25) is 0 Å². The Labute approximate surface area is 139 Å². The van der Waals surface area contributed by atoms with Crippen LogP contribution in [0.5, 0.6) is 0 Å². The number of nitrogens with zero attached hydrogens (tertiary/aromatic N) is 2. The lowest BCUT2D eigenvalue weighted by Crippen LogP contribution is -2.40. The van der Waals surface area contributed by atoms with Gasteiger partial charge in [0, 0.05) is 32.2 Å². The van der Waals surface area contributed by atoms with Gasteiger partial charge in [-0.25, -0.2) is 4.99 Å². The monoisotopic (exact) mass is 316 g/mol. The Morgan fingerprint density at radius 3 is 2.52 bits per heavy atom. The van der Waals surface area contributed by atoms with Crippen molar-refractivity contribution < 1.29 is 4.79 Å². The van der Waals surface area contributed by atoms with Gasteiger partial charge in [0.1, 0.15) is 0 Å². The van der Waals surface area contributed by atoms with Gasteiger partial charge in [-0.3, -0.25) is 4.79 Å². The van der Waals surface area contributed by atoms with Crippen LogP contribution in [0.2, 0.25) is 0 Å². The van der Waals surface area contributed by atoms with Crippen LogP contribution in [0.3, 0.4) is 0 Å². The van der Waals surface area contributed by atoms with Crippen LogP contribution in [0.1, 0.15) is 43.1 Å². The summed E-state index contributed by atoms with van der Waals surface area (Å²) in [4.78, 5) is 18.6. The fourth-order valence-corrected chi connectivity index (χ4v) is 2.79. The zero-order valence-corrected chi connectivity index (χ0v) is 14.6. The van der Waals surface area contributed by atoms with Gasteiger partial charge in [0.25, 0.3) is 5.91 Å². The quantitative estimate of drug-likeness (QED) is 0.662. The fourth-order valence-electron chi connectivity index (χ4n) is 2.79. The molecule has 1 saturated heterocycles. The molecule has 1 aliphatic rings. The Morgan fingerprint density at radius 2 is 2.00 bits per heavy atom. The van der Waals surface area contributed by atoms with Crippen molar-refractivity contribution in [2.75, 3.05) is 26.7 Å². The third kappa shape index (κ3) is 4.71. The van der Waals surface area contributed by atoms with E-state index in [0.717, 1.165) is 31.2 Å². The molecule has 126 valence electrons. The Morgan fingerprint density at radius 1 is 1.30 bits per heavy atom. The fraction of sp³-hybridized carbons (Fsp3) is 0.556. The van der Waals surface area contributed by atoms with Crippen molar-refractivity contribution in [2.45, 2.75) is 33.7 Å². The molecule has 0 spiro atoms. The minimum atomic E-state index is -0.0623. The number of rotatable bonds is 4. The van der Waals surface area contributed by atoms with Crippen LogP contribution in [0.25, 0.3) is 0 Å². The van der Waals surface area contributed by atoms with Crippen LogP contribution < -0.4 is 10.6 Å². The van der Waals surface area contributed by atoms with Crippen LogP contribution in [0.4, 0.5) is 0 Å². The number of benzene rings is 1. The molecular formula is C18H28N4O. The molecule has 2 N–H and O–H groups in total. The van der Waals surface area contributed by atoms with E-state index in [9.17, 15) is 4.79 Å². The van der Waals surface area contributed by atoms with Gasteiger partial charge in [0.05, 0.1) is 6.54 Å². The minimum Gasteiger partial charge on any atom is -0.357 e. The summed E-state index contributed by atoms with van der Waals surface area (Å²) in [6, 6.07) is 7.61. The molecular weight excluding hydrogens is 288 g/mol. The summed E-state index contributed by atoms with van der Waals surface area (Å²) >= 11 is 0. The van der Waals surface area contributed by atoms with Crippen LogP contribution in [0.15, 0.2) is 29.3 Å². The third-order valence-electron chi connectivity index (χ3n) is 4.17. The summed E-state index contributed by atoms with van der Waals surface area (Å²) in [5, 5.41) is 6.01. The summed E-state index contributed by atoms with van der Waals surface area (Å²) in [5.74, 6) is 0.918. The molecule has 5 heteroatoms. The molecule has 5 nitrogen and oxygen atoms in total. The van der Waals surface area contributed by atoms with Crippen molar-refractivity contribution in [1.29, 1.82) is 0 Å². The van der Waals surface area contributed by atoms with Gasteiger partial charge in [-0.05, 0) is 36.5 Å². The number of guanidine groups is 1. The van der Waals surface area contributed by atoms with E-state index in [2.05, 4.69) is 36.3 Å². The lowest BCUT2D eigenvalue weighted by Gasteiger charge is -2.23. The zero-order valence-electron chi connectivity index (χ0n) is 14.6. The molecule has 0 bridgehead atoms. The largest absolute Gasteiger partial charge is 0.357 e. The molecule has 1 amide bonds. The topological polar surface area (TPSA) is 56.7 Å². The highest BCUT2D eigenvalue weighted by molar-refractivity contribution is 5.93. The standard InChI is InChI=1S/C18H28N4O/c1-5-20-17(22-11-10-18(2,3)13-22)21-12-14-6-8-15(9-7-14)16(23)19-4/h6-9H,5,10-13H2,1-4H3,(H,19,23)(H,20,21). The summed E-state index contributed by atoms with van der Waals surface area (Å²) in [5.41, 5.74) is 2.13. The van der Waals surface area contributed by atoms with Crippen molar-refractivity contribution in [3.8, 4) is 0 Å². The summed E-state index contributed by atoms with van der Waals surface area (Å²) < 4.78 is 0. The Kier molecular flexibility index (Phi) is 5.64. The van der Waals surface area contributed by atoms with Crippen molar-refractivity contribution >= 4 is 11.9 Å². The molecule has 0 radical (unpaired) electrons. The Hall–Kier alpha value is -2.04. The predicted molar refractivity (Wildman–Crippen MR) is 94.6 cm³/mol. The van der Waals surface area contributed by atoms with E-state index in [0.29, 0.717) is 17.5 Å². The van der Waals surface area contributed by atoms with E-state index in [-0.39, 0.29) is 5.91 Å². The third-order valence-corrected chi connectivity index (χ3v) is 4.17. The van der Waals surface area contributed by atoms with E-state index in [4.69, 9.17) is 4.99 Å². The normalized spacial score (nSPS) is 17.2. The minimum absolute atomic E-state index is 0.0623. The molecule has 1 fully saturated rings. The molecule has 0 atom stereocenters. The smallest absolute Gasteiger partial charge is 0.251 e. The Balaban J connectivity index is 2.04. The number of likely N-dealkylation sites (tertiary alicyclic amines) is 1. The zero-order chi connectivity index (χ0) is 16.9. The number of nitrogens with one attached hydrogen (secondary N) is 2. The number of aliphatic imine (C=N–C) groups is 1. The first-order chi connectivity index (χ1) is 10.9. The second-order valence-electron chi connectivity index (χ2n) is 6.78. The first-order valence-electron chi connectivity index (χ1n) is 8.29. The maximum Gasteiger partial charge on any atom is 0.251 e. The lowest BCUT2D eigenvalue weighted by atomic mass is 9.93. The van der Waals surface area contributed by atoms with Crippen LogP contribution in [-0.4, -0.2) is 43.4 Å². The highest BCUT2D eigenvalue weighted by Crippen LogP contribution is 2.28. The number of amides is 1. The molecule has 0 saturated carbocycles. The van der Waals surface area contributed by atoms with Gasteiger partial charge >= 0.3 is 0 Å². The van der Waals surface area contributed by atoms with Gasteiger partial charge < -0.3 is 15.5 Å². The van der Waals surface area contributed by atoms with E-state index >= 15 is 0 Å². The van der Waals surface area contributed by atoms with Gasteiger partial charge in [0.15, 0.2) is 5.96 Å². The SMILES string of the molecule is CCNC(=NCc1ccc(C(=O)NC)cc1)N1CCC(C)(C)C1. The van der Waals surface area contributed by atoms with Crippen LogP contribution >= 0.6 is 0 Å². The van der Waals surface area contributed by atoms with Crippen molar-refractivity contribution in [1.82, 2.24) is 15.5 Å². The molecule has 0 aromatic heterocycles. The highest BCUT2D eigenvalue weighted by Gasteiger charge is 2.30. The Bertz CT molecular complexity index is 563. The number of hydrogen-bond acceptors (Lipinski definition) is 2. The molecule has 1 aliphatic heterocycles. The second kappa shape index (κ2) is 7.49. The highest BCUT2D eigenvalue weighted by atomic mass is 16.1. The summed E-state index contributed by atoms with van der Waals surface area (Å²) in [7, 11) is 1.64. The van der Waals surface area contributed by atoms with Crippen molar-refractivity contribution in [2.24, 2.45) is 10.4 Å². The maximum atomic E-state index is 11.6. The van der Waals surface area contributed by atoms with Crippen LogP contribution in [0, 0.1) is 5.41 Å². The molecule has 1 aromatic carbocycles. The van der Waals surface area contributed by atoms with Crippen molar-refractivity contribution in [3.05, 3.63) is 35.4 Å². The molecule has 1 aromatic rings. The first-order valence-corrected chi connectivity index (χ1v) is 8.29. The predicted octanol–water partition coefficient (Wildman–Crippen LogP) is 2.24. The van der Waals surface area contributed by atoms with E-state index in [1.165, 1.54) is 6.42 Å². The van der Waals surface area contributed by atoms with Gasteiger partial charge in [-0.2, -0.15) is 0 Å². The second-order valence-corrected chi connectivity index (χ2v) is 6.78. The molecule has 1 heterocycles. The van der Waals surface area contributed by atoms with Crippen molar-refractivity contribution in [3.63, 3.8) is 0 Å². The average Bonchev–Trinajstić information content (AvgIpc) is 2.91. The average molecular weight is 316 g/mol. The lowest BCUT2D eigenvalue weighted by molar-refractivity contribution is 0.0963. The number of hydrogen-bond donors (Lipinski definition) is 2. The van der Waals surface area contributed by atoms with Gasteiger partial charge in [-0.15, -0.1) is 0 Å². The molecule has 2 rings (SSSR count). The van der Waals surface area contributed by atoms with E-state index in [1.807, 2.05) is 24.3 Å². The number of carbonyl (C=O) groups excluding carboxylic acids is 1. The van der Waals surface area contributed by atoms with Crippen LogP contribution in [-0.2, 0) is 6.54 Å². The molecule has 0 unspecified atom stereocenters. The summed E-state index contributed by atoms with van der Waals surface area (Å²) in [6.07, 6.45) is 1.19. The van der Waals surface area contributed by atoms with Gasteiger partial charge in [-0.1, -0.05) is 26.0 Å². The maximum absolute atomic E-state index is 11.6. The molecule has 23 heavy (non-hydrogen) atoms. The molecule has 0 aliphatic carbocycles. The number of carbonyl (C=O) groups is 1. The van der Waals surface area contributed by atoms with E-state index < -0.39 is 0 Å². The summed E-state index contributed by atoms with van der Waals surface area (Å²) in [6.45, 7) is 10.3.